The van der Waals surface area contributed by atoms with Crippen molar-refractivity contribution in [2.45, 2.75) is 70.8 Å². The van der Waals surface area contributed by atoms with Gasteiger partial charge in [0, 0.05) is 22.5 Å². The minimum atomic E-state index is -4.93. The summed E-state index contributed by atoms with van der Waals surface area (Å²) in [5.74, 6) is -3.20. The molecule has 1 atom stereocenters. The number of aliphatic hydroxyl groups excluding tert-OH is 2. The van der Waals surface area contributed by atoms with Crippen LogP contribution in [0.3, 0.4) is 0 Å². The Morgan fingerprint density at radius 3 is 1.57 bits per heavy atom. The van der Waals surface area contributed by atoms with E-state index in [1.54, 1.807) is 41.5 Å². The van der Waals surface area contributed by atoms with Crippen molar-refractivity contribution in [1.29, 1.82) is 0 Å². The fourth-order valence-corrected chi connectivity index (χ4v) is 4.56. The third-order valence-electron chi connectivity index (χ3n) is 6.57. The fourth-order valence-electron chi connectivity index (χ4n) is 4.56. The standard InChI is InChI=1S/C31H34F6N2O5/c1-28(2,3)19-13-23(43-21-9-7-15(38)11-17(21)30(32,33)34)25(29(4,5)6)24(26(42)20(41)14-40)27(19)44-22-10-8-16(39)12-18(22)31(35,36)37/h7-13,20,40-41H,14,38-39H2,1-6H3. The molecule has 0 heterocycles. The summed E-state index contributed by atoms with van der Waals surface area (Å²) in [5, 5.41) is 20.1. The molecule has 0 aliphatic rings. The number of aliphatic hydroxyl groups is 2. The Hall–Kier alpha value is -3.97. The van der Waals surface area contributed by atoms with Crippen LogP contribution in [0.15, 0.2) is 42.5 Å². The first-order valence-electron chi connectivity index (χ1n) is 13.3. The van der Waals surface area contributed by atoms with Crippen molar-refractivity contribution >= 4 is 17.2 Å². The van der Waals surface area contributed by atoms with E-state index in [4.69, 9.17) is 20.9 Å². The zero-order valence-electron chi connectivity index (χ0n) is 24.9. The highest BCUT2D eigenvalue weighted by molar-refractivity contribution is 6.04. The number of halogens is 6. The first kappa shape index (κ1) is 34.5. The minimum absolute atomic E-state index is 0.0583. The Labute approximate surface area is 250 Å². The van der Waals surface area contributed by atoms with E-state index in [0.29, 0.717) is 12.1 Å². The summed E-state index contributed by atoms with van der Waals surface area (Å²) in [7, 11) is 0. The summed E-state index contributed by atoms with van der Waals surface area (Å²) >= 11 is 0. The second-order valence-corrected chi connectivity index (χ2v) is 12.3. The van der Waals surface area contributed by atoms with Crippen molar-refractivity contribution in [3.05, 3.63) is 70.3 Å². The molecule has 0 aliphatic heterocycles. The number of rotatable bonds is 7. The van der Waals surface area contributed by atoms with Gasteiger partial charge in [-0.3, -0.25) is 4.79 Å². The van der Waals surface area contributed by atoms with Gasteiger partial charge in [-0.1, -0.05) is 41.5 Å². The van der Waals surface area contributed by atoms with Crippen LogP contribution < -0.4 is 20.9 Å². The molecule has 0 saturated carbocycles. The summed E-state index contributed by atoms with van der Waals surface area (Å²) in [6, 6.07) is 6.93. The van der Waals surface area contributed by atoms with E-state index >= 15 is 0 Å². The van der Waals surface area contributed by atoms with Crippen LogP contribution in [0.4, 0.5) is 37.7 Å². The summed E-state index contributed by atoms with van der Waals surface area (Å²) < 4.78 is 95.9. The smallest absolute Gasteiger partial charge is 0.420 e. The number of anilines is 2. The van der Waals surface area contributed by atoms with Crippen molar-refractivity contribution in [3.63, 3.8) is 0 Å². The molecule has 0 radical (unpaired) electrons. The molecule has 3 aromatic carbocycles. The lowest BCUT2D eigenvalue weighted by Gasteiger charge is -2.33. The van der Waals surface area contributed by atoms with Crippen LogP contribution in [0.5, 0.6) is 23.0 Å². The molecule has 0 spiro atoms. The van der Waals surface area contributed by atoms with Gasteiger partial charge in [0.25, 0.3) is 0 Å². The molecule has 44 heavy (non-hydrogen) atoms. The fraction of sp³-hybridized carbons (Fsp3) is 0.387. The highest BCUT2D eigenvalue weighted by Crippen LogP contribution is 2.50. The lowest BCUT2D eigenvalue weighted by atomic mass is 9.76. The number of nitrogens with two attached hydrogens (primary N) is 2. The Morgan fingerprint density at radius 2 is 1.18 bits per heavy atom. The van der Waals surface area contributed by atoms with Crippen LogP contribution in [0.1, 0.15) is 74.2 Å². The maximum absolute atomic E-state index is 14.0. The van der Waals surface area contributed by atoms with E-state index in [2.05, 4.69) is 0 Å². The van der Waals surface area contributed by atoms with E-state index in [9.17, 15) is 41.4 Å². The predicted molar refractivity (Wildman–Crippen MR) is 153 cm³/mol. The third-order valence-corrected chi connectivity index (χ3v) is 6.57. The van der Waals surface area contributed by atoms with Crippen LogP contribution >= 0.6 is 0 Å². The van der Waals surface area contributed by atoms with Crippen molar-refractivity contribution in [2.24, 2.45) is 0 Å². The van der Waals surface area contributed by atoms with E-state index < -0.39 is 75.6 Å². The van der Waals surface area contributed by atoms with Gasteiger partial charge < -0.3 is 31.2 Å². The van der Waals surface area contributed by atoms with Gasteiger partial charge in [-0.2, -0.15) is 26.3 Å². The van der Waals surface area contributed by atoms with Crippen LogP contribution in [0, 0.1) is 0 Å². The van der Waals surface area contributed by atoms with Gasteiger partial charge in [0.1, 0.15) is 40.2 Å². The van der Waals surface area contributed by atoms with Crippen LogP contribution in [-0.4, -0.2) is 28.7 Å². The number of ketones is 1. The molecule has 0 fully saturated rings. The zero-order valence-corrected chi connectivity index (χ0v) is 24.9. The average molecular weight is 629 g/mol. The maximum Gasteiger partial charge on any atom is 0.420 e. The molecule has 1 unspecified atom stereocenters. The monoisotopic (exact) mass is 628 g/mol. The number of alkyl halides is 6. The van der Waals surface area contributed by atoms with Gasteiger partial charge in [-0.05, 0) is 53.3 Å². The summed E-state index contributed by atoms with van der Waals surface area (Å²) in [6.45, 7) is 8.56. The van der Waals surface area contributed by atoms with E-state index in [1.807, 2.05) is 0 Å². The second-order valence-electron chi connectivity index (χ2n) is 12.3. The van der Waals surface area contributed by atoms with E-state index in [-0.39, 0.29) is 28.3 Å². The summed E-state index contributed by atoms with van der Waals surface area (Å²) in [5.41, 5.74) is 5.65. The Bertz CT molecular complexity index is 1550. The number of carbonyl (C=O) groups excluding carboxylic acids is 1. The van der Waals surface area contributed by atoms with Crippen LogP contribution in [-0.2, 0) is 23.2 Å². The highest BCUT2D eigenvalue weighted by Gasteiger charge is 2.40. The molecule has 13 heteroatoms. The van der Waals surface area contributed by atoms with E-state index in [1.165, 1.54) is 12.1 Å². The molecular weight excluding hydrogens is 594 g/mol. The highest BCUT2D eigenvalue weighted by atomic mass is 19.4. The number of nitrogen functional groups attached to an aromatic ring is 2. The number of ether oxygens (including phenoxy) is 2. The zero-order chi connectivity index (χ0) is 33.6. The van der Waals surface area contributed by atoms with Crippen molar-refractivity contribution in [3.8, 4) is 23.0 Å². The Morgan fingerprint density at radius 1 is 0.727 bits per heavy atom. The number of Topliss-reactive ketones (excluding diaryl/α,β-unsaturated/α-hetero) is 1. The predicted octanol–water partition coefficient (Wildman–Crippen LogP) is 7.60. The van der Waals surface area contributed by atoms with Crippen molar-refractivity contribution in [1.82, 2.24) is 0 Å². The Kier molecular flexibility index (Phi) is 9.29. The van der Waals surface area contributed by atoms with Gasteiger partial charge in [0.05, 0.1) is 12.2 Å². The van der Waals surface area contributed by atoms with Crippen LogP contribution in [0.2, 0.25) is 0 Å². The number of benzene rings is 3. The largest absolute Gasteiger partial charge is 0.456 e. The van der Waals surface area contributed by atoms with Gasteiger partial charge >= 0.3 is 12.4 Å². The van der Waals surface area contributed by atoms with Crippen LogP contribution in [0.25, 0.3) is 0 Å². The van der Waals surface area contributed by atoms with Gasteiger partial charge in [0.15, 0.2) is 5.78 Å². The molecule has 0 aromatic heterocycles. The van der Waals surface area contributed by atoms with E-state index in [0.717, 1.165) is 18.2 Å². The van der Waals surface area contributed by atoms with Gasteiger partial charge in [-0.15, -0.1) is 0 Å². The number of hydrogen-bond donors (Lipinski definition) is 4. The quantitative estimate of drug-likeness (QED) is 0.121. The molecule has 7 nitrogen and oxygen atoms in total. The van der Waals surface area contributed by atoms with Crippen molar-refractivity contribution in [2.75, 3.05) is 18.1 Å². The topological polar surface area (TPSA) is 128 Å². The molecule has 0 saturated heterocycles. The Balaban J connectivity index is 2.52. The van der Waals surface area contributed by atoms with Crippen molar-refractivity contribution < 1.29 is 50.8 Å². The molecule has 0 bridgehead atoms. The molecule has 3 aromatic rings. The SMILES string of the molecule is CC(C)(C)c1cc(Oc2ccc(N)cc2C(F)(F)F)c(C(C)(C)C)c(C(=O)C(O)CO)c1Oc1ccc(N)cc1C(F)(F)F. The minimum Gasteiger partial charge on any atom is -0.456 e. The second kappa shape index (κ2) is 11.8. The number of hydrogen-bond acceptors (Lipinski definition) is 7. The summed E-state index contributed by atoms with van der Waals surface area (Å²) in [6.07, 6.45) is -11.9. The molecule has 3 rings (SSSR count). The van der Waals surface area contributed by atoms with Gasteiger partial charge in [0.2, 0.25) is 0 Å². The normalized spacial score (nSPS) is 13.5. The lowest BCUT2D eigenvalue weighted by molar-refractivity contribution is -0.139. The molecule has 0 aliphatic carbocycles. The maximum atomic E-state index is 14.0. The molecule has 0 amide bonds. The summed E-state index contributed by atoms with van der Waals surface area (Å²) in [4.78, 5) is 13.8. The first-order valence-corrected chi connectivity index (χ1v) is 13.3. The lowest BCUT2D eigenvalue weighted by Crippen LogP contribution is -2.30. The van der Waals surface area contributed by atoms with Gasteiger partial charge in [-0.25, -0.2) is 0 Å². The molecule has 240 valence electrons. The average Bonchev–Trinajstić information content (AvgIpc) is 2.87. The third kappa shape index (κ3) is 7.39. The molecule has 6 N–H and O–H groups in total. The first-order chi connectivity index (χ1) is 20.0. The molecular formula is C31H34F6N2O5. The number of carbonyl (C=O) groups is 1.